The second-order valence-electron chi connectivity index (χ2n) is 7.63. The smallest absolute Gasteiger partial charge is 0.246 e. The molecule has 0 bridgehead atoms. The number of methoxy groups -OCH3 is 1. The summed E-state index contributed by atoms with van der Waals surface area (Å²) in [5, 5.41) is 8.77. The van der Waals surface area contributed by atoms with E-state index < -0.39 is 0 Å². The fraction of sp³-hybridized carbons (Fsp3) is 0.269. The van der Waals surface area contributed by atoms with Gasteiger partial charge in [0.2, 0.25) is 5.91 Å². The van der Waals surface area contributed by atoms with Crippen LogP contribution in [0.15, 0.2) is 66.7 Å². The zero-order valence-electron chi connectivity index (χ0n) is 19.0. The Kier molecular flexibility index (Phi) is 7.19. The van der Waals surface area contributed by atoms with Crippen molar-refractivity contribution in [2.75, 3.05) is 44.8 Å². The maximum absolute atomic E-state index is 12.7. The molecule has 2 aromatic carbocycles. The van der Waals surface area contributed by atoms with Crippen LogP contribution in [-0.2, 0) is 4.79 Å². The molecule has 0 spiro atoms. The molecule has 33 heavy (non-hydrogen) atoms. The van der Waals surface area contributed by atoms with Crippen LogP contribution in [-0.4, -0.2) is 60.9 Å². The lowest BCUT2D eigenvalue weighted by molar-refractivity contribution is -0.126. The van der Waals surface area contributed by atoms with Crippen molar-refractivity contribution < 1.29 is 14.3 Å². The average molecular weight is 445 g/mol. The van der Waals surface area contributed by atoms with Crippen molar-refractivity contribution in [3.05, 3.63) is 72.3 Å². The number of piperazine rings is 1. The van der Waals surface area contributed by atoms with E-state index in [0.29, 0.717) is 31.2 Å². The topological polar surface area (TPSA) is 67.8 Å². The van der Waals surface area contributed by atoms with E-state index in [1.807, 2.05) is 72.5 Å². The van der Waals surface area contributed by atoms with Gasteiger partial charge >= 0.3 is 0 Å². The van der Waals surface area contributed by atoms with Gasteiger partial charge in [0.05, 0.1) is 19.4 Å². The van der Waals surface area contributed by atoms with Gasteiger partial charge in [-0.1, -0.05) is 36.4 Å². The van der Waals surface area contributed by atoms with Crippen LogP contribution in [0.3, 0.4) is 0 Å². The van der Waals surface area contributed by atoms with E-state index in [0.717, 1.165) is 35.7 Å². The van der Waals surface area contributed by atoms with Gasteiger partial charge in [-0.05, 0) is 42.8 Å². The Labute approximate surface area is 194 Å². The molecule has 7 nitrogen and oxygen atoms in total. The molecule has 0 aliphatic carbocycles. The number of hydrogen-bond donors (Lipinski definition) is 0. The number of carbonyl (C=O) groups excluding carboxylic acids is 1. The fourth-order valence-corrected chi connectivity index (χ4v) is 3.75. The third-order valence-corrected chi connectivity index (χ3v) is 5.54. The maximum Gasteiger partial charge on any atom is 0.246 e. The van der Waals surface area contributed by atoms with Crippen LogP contribution in [0.5, 0.6) is 11.5 Å². The van der Waals surface area contributed by atoms with Crippen LogP contribution in [0.4, 0.5) is 5.82 Å². The van der Waals surface area contributed by atoms with Crippen LogP contribution < -0.4 is 14.4 Å². The number of hydrogen-bond acceptors (Lipinski definition) is 6. The summed E-state index contributed by atoms with van der Waals surface area (Å²) in [7, 11) is 1.61. The molecule has 1 aromatic heterocycles. The molecule has 0 radical (unpaired) electrons. The number of benzene rings is 2. The predicted octanol–water partition coefficient (Wildman–Crippen LogP) is 3.91. The summed E-state index contributed by atoms with van der Waals surface area (Å²) in [5.74, 6) is 2.17. The van der Waals surface area contributed by atoms with E-state index in [-0.39, 0.29) is 5.91 Å². The third kappa shape index (κ3) is 5.49. The largest absolute Gasteiger partial charge is 0.493 e. The highest BCUT2D eigenvalue weighted by atomic mass is 16.5. The van der Waals surface area contributed by atoms with Crippen molar-refractivity contribution >= 4 is 17.8 Å². The van der Waals surface area contributed by atoms with E-state index in [4.69, 9.17) is 9.47 Å². The lowest BCUT2D eigenvalue weighted by Crippen LogP contribution is -2.48. The maximum atomic E-state index is 12.7. The molecule has 0 atom stereocenters. The first-order valence-electron chi connectivity index (χ1n) is 11.1. The fourth-order valence-electron chi connectivity index (χ4n) is 3.75. The molecule has 7 heteroatoms. The van der Waals surface area contributed by atoms with Gasteiger partial charge in [-0.3, -0.25) is 4.79 Å². The summed E-state index contributed by atoms with van der Waals surface area (Å²) in [6, 6.07) is 19.6. The van der Waals surface area contributed by atoms with Crippen molar-refractivity contribution in [2.45, 2.75) is 6.92 Å². The highest BCUT2D eigenvalue weighted by Crippen LogP contribution is 2.28. The number of aromatic nitrogens is 2. The van der Waals surface area contributed by atoms with Gasteiger partial charge in [-0.2, -0.15) is 0 Å². The Morgan fingerprint density at radius 1 is 0.970 bits per heavy atom. The quantitative estimate of drug-likeness (QED) is 0.515. The minimum Gasteiger partial charge on any atom is -0.493 e. The molecule has 1 aliphatic heterocycles. The second kappa shape index (κ2) is 10.6. The number of carbonyl (C=O) groups is 1. The molecule has 0 N–H and O–H groups in total. The van der Waals surface area contributed by atoms with Crippen molar-refractivity contribution in [1.82, 2.24) is 15.1 Å². The minimum absolute atomic E-state index is 0.00647. The molecular formula is C26H28N4O3. The molecule has 1 aliphatic rings. The molecule has 1 fully saturated rings. The monoisotopic (exact) mass is 444 g/mol. The lowest BCUT2D eigenvalue weighted by atomic mass is 10.1. The molecule has 4 rings (SSSR count). The van der Waals surface area contributed by atoms with Crippen molar-refractivity contribution in [3.63, 3.8) is 0 Å². The lowest BCUT2D eigenvalue weighted by Gasteiger charge is -2.34. The SMILES string of the molecule is CCOc1ccc(/C=C/C(=O)N2CCN(c3ccc(-c4ccccc4)nn3)CC2)cc1OC. The molecule has 0 saturated carbocycles. The number of amides is 1. The summed E-state index contributed by atoms with van der Waals surface area (Å²) >= 11 is 0. The molecule has 3 aromatic rings. The third-order valence-electron chi connectivity index (χ3n) is 5.54. The Morgan fingerprint density at radius 3 is 2.42 bits per heavy atom. The zero-order chi connectivity index (χ0) is 23.0. The summed E-state index contributed by atoms with van der Waals surface area (Å²) < 4.78 is 10.9. The molecule has 0 unspecified atom stereocenters. The van der Waals surface area contributed by atoms with Crippen LogP contribution in [0, 0.1) is 0 Å². The van der Waals surface area contributed by atoms with Gasteiger partial charge in [0, 0.05) is 37.8 Å². The van der Waals surface area contributed by atoms with Gasteiger partial charge in [0.15, 0.2) is 17.3 Å². The predicted molar refractivity (Wildman–Crippen MR) is 129 cm³/mol. The van der Waals surface area contributed by atoms with Crippen molar-refractivity contribution in [1.29, 1.82) is 0 Å². The summed E-state index contributed by atoms with van der Waals surface area (Å²) in [4.78, 5) is 16.7. The summed E-state index contributed by atoms with van der Waals surface area (Å²) in [6.45, 7) is 5.21. The molecule has 1 saturated heterocycles. The van der Waals surface area contributed by atoms with Gasteiger partial charge in [-0.25, -0.2) is 0 Å². The summed E-state index contributed by atoms with van der Waals surface area (Å²) in [5.41, 5.74) is 2.78. The number of anilines is 1. The average Bonchev–Trinajstić information content (AvgIpc) is 2.88. The Hall–Kier alpha value is -3.87. The highest BCUT2D eigenvalue weighted by Gasteiger charge is 2.21. The van der Waals surface area contributed by atoms with Crippen molar-refractivity contribution in [3.8, 4) is 22.8 Å². The standard InChI is InChI=1S/C26H28N4O3/c1-3-33-23-12-9-20(19-24(23)32-2)10-14-26(31)30-17-15-29(16-18-30)25-13-11-22(27-28-25)21-7-5-4-6-8-21/h4-14,19H,3,15-18H2,1-2H3/b14-10+. The normalized spacial score (nSPS) is 13.9. The molecule has 170 valence electrons. The summed E-state index contributed by atoms with van der Waals surface area (Å²) in [6.07, 6.45) is 3.42. The van der Waals surface area contributed by atoms with E-state index >= 15 is 0 Å². The van der Waals surface area contributed by atoms with Crippen molar-refractivity contribution in [2.24, 2.45) is 0 Å². The van der Waals surface area contributed by atoms with E-state index in [1.165, 1.54) is 0 Å². The molecule has 2 heterocycles. The molecule has 1 amide bonds. The van der Waals surface area contributed by atoms with Crippen LogP contribution in [0.1, 0.15) is 12.5 Å². The van der Waals surface area contributed by atoms with Crippen LogP contribution in [0.2, 0.25) is 0 Å². The van der Waals surface area contributed by atoms with Gasteiger partial charge in [0.1, 0.15) is 0 Å². The number of rotatable bonds is 7. The van der Waals surface area contributed by atoms with E-state index in [1.54, 1.807) is 19.3 Å². The van der Waals surface area contributed by atoms with Crippen LogP contribution >= 0.6 is 0 Å². The van der Waals surface area contributed by atoms with E-state index in [2.05, 4.69) is 15.1 Å². The first-order chi connectivity index (χ1) is 16.2. The second-order valence-corrected chi connectivity index (χ2v) is 7.63. The van der Waals surface area contributed by atoms with Crippen LogP contribution in [0.25, 0.3) is 17.3 Å². The number of nitrogens with zero attached hydrogens (tertiary/aromatic N) is 4. The minimum atomic E-state index is -0.00647. The Morgan fingerprint density at radius 2 is 1.76 bits per heavy atom. The van der Waals surface area contributed by atoms with Gasteiger partial charge in [-0.15, -0.1) is 10.2 Å². The first kappa shape index (κ1) is 22.3. The van der Waals surface area contributed by atoms with Gasteiger partial charge in [0.25, 0.3) is 0 Å². The zero-order valence-corrected chi connectivity index (χ0v) is 19.0. The first-order valence-corrected chi connectivity index (χ1v) is 11.1. The Bertz CT molecular complexity index is 1090. The Balaban J connectivity index is 1.32. The van der Waals surface area contributed by atoms with E-state index in [9.17, 15) is 4.79 Å². The van der Waals surface area contributed by atoms with Gasteiger partial charge < -0.3 is 19.3 Å². The molecular weight excluding hydrogens is 416 g/mol. The highest BCUT2D eigenvalue weighted by molar-refractivity contribution is 5.92. The number of ether oxygens (including phenoxy) is 2.